The molecule has 1 saturated heterocycles. The smallest absolute Gasteiger partial charge is 0.141 e. The van der Waals surface area contributed by atoms with Gasteiger partial charge in [0.1, 0.15) is 5.82 Å². The van der Waals surface area contributed by atoms with Gasteiger partial charge in [-0.1, -0.05) is 0 Å². The normalized spacial score (nSPS) is 18.8. The fourth-order valence-electron chi connectivity index (χ4n) is 2.24. The molecule has 0 amide bonds. The molecular formula is C13H20FN3. The summed E-state index contributed by atoms with van der Waals surface area (Å²) in [5.41, 5.74) is 0.961. The standard InChI is InChI=1S/C13H20FN3/c1-11(2)17-5-3-16(4-6-17)10-12-7-13(14)9-15-8-12/h7-9,11H,3-6,10H2,1-2H3. The molecular weight excluding hydrogens is 217 g/mol. The zero-order valence-corrected chi connectivity index (χ0v) is 10.6. The molecule has 1 aliphatic heterocycles. The number of nitrogens with zero attached hydrogens (tertiary/aromatic N) is 3. The Balaban J connectivity index is 1.86. The average molecular weight is 237 g/mol. The molecule has 1 aromatic rings. The van der Waals surface area contributed by atoms with Crippen LogP contribution in [0.2, 0.25) is 0 Å². The maximum atomic E-state index is 13.0. The molecule has 1 aliphatic rings. The van der Waals surface area contributed by atoms with E-state index in [0.29, 0.717) is 6.04 Å². The molecule has 0 aromatic carbocycles. The van der Waals surface area contributed by atoms with E-state index in [0.717, 1.165) is 38.3 Å². The molecule has 4 heteroatoms. The molecule has 0 atom stereocenters. The number of hydrogen-bond acceptors (Lipinski definition) is 3. The van der Waals surface area contributed by atoms with Gasteiger partial charge in [-0.25, -0.2) is 4.39 Å². The van der Waals surface area contributed by atoms with Crippen LogP contribution >= 0.6 is 0 Å². The Morgan fingerprint density at radius 1 is 1.24 bits per heavy atom. The summed E-state index contributed by atoms with van der Waals surface area (Å²) in [6.07, 6.45) is 3.00. The maximum absolute atomic E-state index is 13.0. The van der Waals surface area contributed by atoms with Crippen molar-refractivity contribution in [3.05, 3.63) is 29.8 Å². The molecule has 0 saturated carbocycles. The summed E-state index contributed by atoms with van der Waals surface area (Å²) < 4.78 is 13.0. The number of aromatic nitrogens is 1. The first-order valence-electron chi connectivity index (χ1n) is 6.21. The van der Waals surface area contributed by atoms with E-state index in [1.54, 1.807) is 12.3 Å². The quantitative estimate of drug-likeness (QED) is 0.798. The molecule has 94 valence electrons. The maximum Gasteiger partial charge on any atom is 0.141 e. The van der Waals surface area contributed by atoms with Crippen molar-refractivity contribution in [1.82, 2.24) is 14.8 Å². The van der Waals surface area contributed by atoms with Crippen LogP contribution in [0.4, 0.5) is 4.39 Å². The first-order chi connectivity index (χ1) is 8.15. The summed E-state index contributed by atoms with van der Waals surface area (Å²) in [6.45, 7) is 9.55. The van der Waals surface area contributed by atoms with Crippen LogP contribution in [0.3, 0.4) is 0 Å². The zero-order valence-electron chi connectivity index (χ0n) is 10.6. The summed E-state index contributed by atoms with van der Waals surface area (Å²) in [6, 6.07) is 2.19. The van der Waals surface area contributed by atoms with Crippen LogP contribution in [0.25, 0.3) is 0 Å². The molecule has 0 unspecified atom stereocenters. The second-order valence-corrected chi connectivity index (χ2v) is 4.92. The van der Waals surface area contributed by atoms with Crippen LogP contribution in [0.15, 0.2) is 18.5 Å². The lowest BCUT2D eigenvalue weighted by molar-refractivity contribution is 0.104. The minimum Gasteiger partial charge on any atom is -0.298 e. The minimum absolute atomic E-state index is 0.247. The number of halogens is 1. The van der Waals surface area contributed by atoms with Gasteiger partial charge in [-0.15, -0.1) is 0 Å². The molecule has 2 heterocycles. The van der Waals surface area contributed by atoms with E-state index in [2.05, 4.69) is 28.6 Å². The van der Waals surface area contributed by atoms with E-state index in [9.17, 15) is 4.39 Å². The lowest BCUT2D eigenvalue weighted by Crippen LogP contribution is -2.48. The van der Waals surface area contributed by atoms with Gasteiger partial charge in [0.25, 0.3) is 0 Å². The summed E-state index contributed by atoms with van der Waals surface area (Å²) >= 11 is 0. The molecule has 3 nitrogen and oxygen atoms in total. The summed E-state index contributed by atoms with van der Waals surface area (Å²) in [5, 5.41) is 0. The molecule has 2 rings (SSSR count). The predicted octanol–water partition coefficient (Wildman–Crippen LogP) is 1.75. The fraction of sp³-hybridized carbons (Fsp3) is 0.615. The van der Waals surface area contributed by atoms with Crippen LogP contribution in [0.5, 0.6) is 0 Å². The van der Waals surface area contributed by atoms with Crippen molar-refractivity contribution < 1.29 is 4.39 Å². The van der Waals surface area contributed by atoms with E-state index in [1.807, 2.05) is 0 Å². The number of pyridine rings is 1. The van der Waals surface area contributed by atoms with Crippen LogP contribution in [-0.2, 0) is 6.54 Å². The van der Waals surface area contributed by atoms with Gasteiger partial charge >= 0.3 is 0 Å². The van der Waals surface area contributed by atoms with Crippen molar-refractivity contribution >= 4 is 0 Å². The van der Waals surface area contributed by atoms with E-state index < -0.39 is 0 Å². The lowest BCUT2D eigenvalue weighted by atomic mass is 10.2. The Kier molecular flexibility index (Phi) is 4.07. The van der Waals surface area contributed by atoms with Gasteiger partial charge in [-0.3, -0.25) is 14.8 Å². The highest BCUT2D eigenvalue weighted by Gasteiger charge is 2.18. The highest BCUT2D eigenvalue weighted by atomic mass is 19.1. The third-order valence-electron chi connectivity index (χ3n) is 3.30. The molecule has 0 N–H and O–H groups in total. The van der Waals surface area contributed by atoms with Crippen LogP contribution in [0.1, 0.15) is 19.4 Å². The van der Waals surface area contributed by atoms with Crippen molar-refractivity contribution in [1.29, 1.82) is 0 Å². The zero-order chi connectivity index (χ0) is 12.3. The molecule has 17 heavy (non-hydrogen) atoms. The Morgan fingerprint density at radius 3 is 2.53 bits per heavy atom. The van der Waals surface area contributed by atoms with Crippen molar-refractivity contribution in [3.63, 3.8) is 0 Å². The third kappa shape index (κ3) is 3.48. The second kappa shape index (κ2) is 5.56. The lowest BCUT2D eigenvalue weighted by Gasteiger charge is -2.36. The predicted molar refractivity (Wildman–Crippen MR) is 66.2 cm³/mol. The fourth-order valence-corrected chi connectivity index (χ4v) is 2.24. The van der Waals surface area contributed by atoms with E-state index in [-0.39, 0.29) is 5.82 Å². The number of piperazine rings is 1. The van der Waals surface area contributed by atoms with Crippen molar-refractivity contribution in [2.45, 2.75) is 26.4 Å². The minimum atomic E-state index is -0.247. The van der Waals surface area contributed by atoms with Gasteiger partial charge in [0.05, 0.1) is 6.20 Å². The van der Waals surface area contributed by atoms with Crippen molar-refractivity contribution in [2.24, 2.45) is 0 Å². The molecule has 0 spiro atoms. The van der Waals surface area contributed by atoms with E-state index in [1.165, 1.54) is 6.20 Å². The first kappa shape index (κ1) is 12.5. The van der Waals surface area contributed by atoms with E-state index in [4.69, 9.17) is 0 Å². The number of hydrogen-bond donors (Lipinski definition) is 0. The SMILES string of the molecule is CC(C)N1CCN(Cc2cncc(F)c2)CC1. The Labute approximate surface area is 102 Å². The Hall–Kier alpha value is -1.00. The van der Waals surface area contributed by atoms with Gasteiger partial charge < -0.3 is 0 Å². The monoisotopic (exact) mass is 237 g/mol. The largest absolute Gasteiger partial charge is 0.298 e. The van der Waals surface area contributed by atoms with Gasteiger partial charge in [0, 0.05) is 45.0 Å². The first-order valence-corrected chi connectivity index (χ1v) is 6.21. The second-order valence-electron chi connectivity index (χ2n) is 4.92. The van der Waals surface area contributed by atoms with Gasteiger partial charge in [0.15, 0.2) is 0 Å². The molecule has 1 fully saturated rings. The molecule has 0 radical (unpaired) electrons. The highest BCUT2D eigenvalue weighted by molar-refractivity contribution is 5.10. The number of rotatable bonds is 3. The van der Waals surface area contributed by atoms with Gasteiger partial charge in [-0.05, 0) is 25.5 Å². The van der Waals surface area contributed by atoms with Gasteiger partial charge in [0.2, 0.25) is 0 Å². The Morgan fingerprint density at radius 2 is 1.94 bits per heavy atom. The van der Waals surface area contributed by atoms with Crippen LogP contribution in [0, 0.1) is 5.82 Å². The van der Waals surface area contributed by atoms with Gasteiger partial charge in [-0.2, -0.15) is 0 Å². The van der Waals surface area contributed by atoms with Crippen molar-refractivity contribution in [3.8, 4) is 0 Å². The molecule has 0 bridgehead atoms. The van der Waals surface area contributed by atoms with E-state index >= 15 is 0 Å². The van der Waals surface area contributed by atoms with Crippen LogP contribution < -0.4 is 0 Å². The summed E-state index contributed by atoms with van der Waals surface area (Å²) in [4.78, 5) is 8.71. The molecule has 1 aromatic heterocycles. The third-order valence-corrected chi connectivity index (χ3v) is 3.30. The van der Waals surface area contributed by atoms with Crippen molar-refractivity contribution in [2.75, 3.05) is 26.2 Å². The Bertz CT molecular complexity index is 359. The summed E-state index contributed by atoms with van der Waals surface area (Å²) in [5.74, 6) is -0.247. The average Bonchev–Trinajstić information content (AvgIpc) is 2.29. The molecule has 0 aliphatic carbocycles. The van der Waals surface area contributed by atoms with Crippen LogP contribution in [-0.4, -0.2) is 47.0 Å². The summed E-state index contributed by atoms with van der Waals surface area (Å²) in [7, 11) is 0. The highest BCUT2D eigenvalue weighted by Crippen LogP contribution is 2.10. The topological polar surface area (TPSA) is 19.4 Å².